The first-order valence-electron chi connectivity index (χ1n) is 8.34. The van der Waals surface area contributed by atoms with Crippen LogP contribution in [0.2, 0.25) is 0 Å². The van der Waals surface area contributed by atoms with Gasteiger partial charge in [0.25, 0.3) is 0 Å². The van der Waals surface area contributed by atoms with Crippen molar-refractivity contribution < 1.29 is 13.2 Å². The predicted molar refractivity (Wildman–Crippen MR) is 98.6 cm³/mol. The van der Waals surface area contributed by atoms with Gasteiger partial charge in [0.15, 0.2) is 11.2 Å². The van der Waals surface area contributed by atoms with Crippen LogP contribution in [0.4, 0.5) is 13.2 Å². The number of aromatic nitrogens is 4. The van der Waals surface area contributed by atoms with Gasteiger partial charge in [0, 0.05) is 29.1 Å². The first-order valence-corrected chi connectivity index (χ1v) is 8.34. The van der Waals surface area contributed by atoms with E-state index >= 15 is 0 Å². The average Bonchev–Trinajstić information content (AvgIpc) is 2.67. The molecule has 0 atom stereocenters. The van der Waals surface area contributed by atoms with Crippen LogP contribution in [-0.2, 0) is 6.18 Å². The molecule has 1 N–H and O–H groups in total. The van der Waals surface area contributed by atoms with Crippen molar-refractivity contribution in [1.29, 1.82) is 0 Å². The van der Waals surface area contributed by atoms with Crippen LogP contribution in [0.15, 0.2) is 59.5 Å². The topological polar surface area (TPSA) is 71.5 Å². The van der Waals surface area contributed by atoms with Crippen LogP contribution in [0.1, 0.15) is 11.4 Å². The zero-order chi connectivity index (χ0) is 19.9. The molecule has 0 aliphatic heterocycles. The first kappa shape index (κ1) is 17.8. The van der Waals surface area contributed by atoms with Crippen molar-refractivity contribution in [2.75, 3.05) is 0 Å². The van der Waals surface area contributed by atoms with E-state index in [1.165, 1.54) is 25.3 Å². The number of hydrogen-bond acceptors (Lipinski definition) is 4. The molecule has 1 aromatic carbocycles. The first-order chi connectivity index (χ1) is 13.3. The highest BCUT2D eigenvalue weighted by atomic mass is 19.4. The summed E-state index contributed by atoms with van der Waals surface area (Å²) in [6.07, 6.45) is -3.15. The summed E-state index contributed by atoms with van der Waals surface area (Å²) in [5.41, 5.74) is 0.523. The highest BCUT2D eigenvalue weighted by Gasteiger charge is 2.33. The molecule has 0 spiro atoms. The molecule has 0 saturated carbocycles. The van der Waals surface area contributed by atoms with E-state index in [0.717, 1.165) is 6.07 Å². The van der Waals surface area contributed by atoms with Gasteiger partial charge in [0.05, 0.1) is 11.4 Å². The molecule has 0 radical (unpaired) electrons. The highest BCUT2D eigenvalue weighted by molar-refractivity contribution is 5.84. The Morgan fingerprint density at radius 3 is 2.32 bits per heavy atom. The molecule has 0 aliphatic carbocycles. The van der Waals surface area contributed by atoms with Crippen LogP contribution in [0, 0.1) is 6.92 Å². The maximum absolute atomic E-state index is 13.3. The summed E-state index contributed by atoms with van der Waals surface area (Å²) < 4.78 is 39.8. The third kappa shape index (κ3) is 3.24. The van der Waals surface area contributed by atoms with Gasteiger partial charge in [-0.3, -0.25) is 4.79 Å². The number of H-pyrrole nitrogens is 1. The Balaban J connectivity index is 2.07. The summed E-state index contributed by atoms with van der Waals surface area (Å²) in [7, 11) is 0. The number of halogens is 3. The summed E-state index contributed by atoms with van der Waals surface area (Å²) in [4.78, 5) is 27.5. The Bertz CT molecular complexity index is 1230. The van der Waals surface area contributed by atoms with Gasteiger partial charge < -0.3 is 4.98 Å². The third-order valence-corrected chi connectivity index (χ3v) is 4.15. The second kappa shape index (κ2) is 6.56. The van der Waals surface area contributed by atoms with Crippen LogP contribution in [0.5, 0.6) is 0 Å². The van der Waals surface area contributed by atoms with Crippen molar-refractivity contribution >= 4 is 11.2 Å². The van der Waals surface area contributed by atoms with E-state index in [0.29, 0.717) is 11.3 Å². The second-order valence-electron chi connectivity index (χ2n) is 6.21. The molecule has 140 valence electrons. The zero-order valence-electron chi connectivity index (χ0n) is 14.6. The van der Waals surface area contributed by atoms with E-state index in [-0.39, 0.29) is 33.5 Å². The summed E-state index contributed by atoms with van der Waals surface area (Å²) in [5, 5.41) is 0. The third-order valence-electron chi connectivity index (χ3n) is 4.15. The number of fused-ring (bicyclic) bond motifs is 1. The second-order valence-corrected chi connectivity index (χ2v) is 6.21. The van der Waals surface area contributed by atoms with Crippen molar-refractivity contribution in [3.05, 3.63) is 76.3 Å². The summed E-state index contributed by atoms with van der Waals surface area (Å²) in [6.45, 7) is 1.47. The summed E-state index contributed by atoms with van der Waals surface area (Å²) >= 11 is 0. The number of aromatic amines is 1. The van der Waals surface area contributed by atoms with E-state index < -0.39 is 11.9 Å². The van der Waals surface area contributed by atoms with Crippen molar-refractivity contribution in [3.8, 4) is 22.5 Å². The minimum Gasteiger partial charge on any atom is -0.345 e. The van der Waals surface area contributed by atoms with E-state index in [1.807, 2.05) is 6.07 Å². The molecular weight excluding hydrogens is 369 g/mol. The number of aryl methyl sites for hydroxylation is 1. The number of hydrogen-bond donors (Lipinski definition) is 1. The lowest BCUT2D eigenvalue weighted by molar-refractivity contribution is -0.141. The van der Waals surface area contributed by atoms with Gasteiger partial charge in [-0.05, 0) is 19.1 Å². The molecule has 4 rings (SSSR count). The average molecular weight is 382 g/mol. The maximum atomic E-state index is 13.3. The van der Waals surface area contributed by atoms with Crippen LogP contribution in [0.25, 0.3) is 33.7 Å². The summed E-state index contributed by atoms with van der Waals surface area (Å²) in [5.74, 6) is 0. The van der Waals surface area contributed by atoms with E-state index in [4.69, 9.17) is 0 Å². The van der Waals surface area contributed by atoms with Gasteiger partial charge in [0.2, 0.25) is 5.43 Å². The highest BCUT2D eigenvalue weighted by Crippen LogP contribution is 2.34. The largest absolute Gasteiger partial charge is 0.433 e. The number of nitrogens with zero attached hydrogens (tertiary/aromatic N) is 3. The molecule has 0 saturated heterocycles. The lowest BCUT2D eigenvalue weighted by Gasteiger charge is -2.13. The lowest BCUT2D eigenvalue weighted by Crippen LogP contribution is -2.10. The molecule has 0 bridgehead atoms. The SMILES string of the molecule is Cc1cc(-c2nc3c(=O)cc[nH]c3nc2-c2ccccc2)cc(C(F)(F)F)n1. The van der Waals surface area contributed by atoms with Gasteiger partial charge in [-0.15, -0.1) is 0 Å². The molecule has 0 fully saturated rings. The monoisotopic (exact) mass is 382 g/mol. The standard InChI is InChI=1S/C20H13F3N4O/c1-11-9-13(10-15(25-11)20(21,22)23)17-16(12-5-3-2-4-6-12)27-19-18(26-17)14(28)7-8-24-19/h2-10H,1H3,(H,24,27,28). The quantitative estimate of drug-likeness (QED) is 0.559. The Morgan fingerprint density at radius 2 is 1.61 bits per heavy atom. The number of rotatable bonds is 2. The molecular formula is C20H13F3N4O. The molecule has 8 heteroatoms. The zero-order valence-corrected chi connectivity index (χ0v) is 14.6. The molecule has 0 unspecified atom stereocenters. The van der Waals surface area contributed by atoms with E-state index in [1.54, 1.807) is 24.3 Å². The van der Waals surface area contributed by atoms with E-state index in [9.17, 15) is 18.0 Å². The Kier molecular flexibility index (Phi) is 4.18. The van der Waals surface area contributed by atoms with E-state index in [2.05, 4.69) is 19.9 Å². The fourth-order valence-corrected chi connectivity index (χ4v) is 2.93. The van der Waals surface area contributed by atoms with Crippen molar-refractivity contribution in [2.45, 2.75) is 13.1 Å². The smallest absolute Gasteiger partial charge is 0.345 e. The minimum absolute atomic E-state index is 0.0557. The van der Waals surface area contributed by atoms with Gasteiger partial charge in [-0.25, -0.2) is 15.0 Å². The van der Waals surface area contributed by atoms with Gasteiger partial charge in [0.1, 0.15) is 5.69 Å². The van der Waals surface area contributed by atoms with Crippen molar-refractivity contribution in [2.24, 2.45) is 0 Å². The number of pyridine rings is 2. The number of benzene rings is 1. The van der Waals surface area contributed by atoms with Gasteiger partial charge in [-0.1, -0.05) is 30.3 Å². The van der Waals surface area contributed by atoms with Gasteiger partial charge >= 0.3 is 6.18 Å². The molecule has 28 heavy (non-hydrogen) atoms. The van der Waals surface area contributed by atoms with Crippen LogP contribution >= 0.6 is 0 Å². The fourth-order valence-electron chi connectivity index (χ4n) is 2.93. The normalized spacial score (nSPS) is 11.7. The fraction of sp³-hybridized carbons (Fsp3) is 0.100. The van der Waals surface area contributed by atoms with Crippen LogP contribution in [-0.4, -0.2) is 19.9 Å². The lowest BCUT2D eigenvalue weighted by atomic mass is 10.0. The van der Waals surface area contributed by atoms with Gasteiger partial charge in [-0.2, -0.15) is 13.2 Å². The van der Waals surface area contributed by atoms with Crippen LogP contribution in [0.3, 0.4) is 0 Å². The Labute approximate surface area is 156 Å². The molecule has 0 aliphatic rings. The molecule has 3 aromatic heterocycles. The molecule has 0 amide bonds. The van der Waals surface area contributed by atoms with Crippen molar-refractivity contribution in [1.82, 2.24) is 19.9 Å². The summed E-state index contributed by atoms with van der Waals surface area (Å²) in [6, 6.07) is 12.7. The number of alkyl halides is 3. The van der Waals surface area contributed by atoms with Crippen molar-refractivity contribution in [3.63, 3.8) is 0 Å². The van der Waals surface area contributed by atoms with Crippen LogP contribution < -0.4 is 5.43 Å². The predicted octanol–water partition coefficient (Wildman–Crippen LogP) is 4.37. The number of nitrogens with one attached hydrogen (secondary N) is 1. The maximum Gasteiger partial charge on any atom is 0.433 e. The Morgan fingerprint density at radius 1 is 0.893 bits per heavy atom. The Hall–Kier alpha value is -3.55. The molecule has 4 aromatic rings. The molecule has 3 heterocycles. The minimum atomic E-state index is -4.60. The molecule has 5 nitrogen and oxygen atoms in total.